The van der Waals surface area contributed by atoms with E-state index in [0.29, 0.717) is 18.9 Å². The number of alkyl halides is 3. The minimum atomic E-state index is -4.63. The minimum Gasteiger partial charge on any atom is -0.493 e. The minimum absolute atomic E-state index is 0.0829. The van der Waals surface area contributed by atoms with Crippen LogP contribution < -0.4 is 10.4 Å². The summed E-state index contributed by atoms with van der Waals surface area (Å²) in [4.78, 5) is 14.8. The molecule has 144 valence electrons. The van der Waals surface area contributed by atoms with Crippen LogP contribution in [-0.2, 0) is 6.18 Å². The third-order valence-electron chi connectivity index (χ3n) is 4.77. The van der Waals surface area contributed by atoms with E-state index in [2.05, 4.69) is 4.98 Å². The lowest BCUT2D eigenvalue weighted by molar-refractivity contribution is -0.136. The van der Waals surface area contributed by atoms with E-state index in [1.165, 1.54) is 6.07 Å². The van der Waals surface area contributed by atoms with E-state index in [1.807, 2.05) is 13.8 Å². The van der Waals surface area contributed by atoms with Gasteiger partial charge in [-0.2, -0.15) is 13.2 Å². The van der Waals surface area contributed by atoms with E-state index in [0.717, 1.165) is 10.6 Å². The van der Waals surface area contributed by atoms with Gasteiger partial charge < -0.3 is 14.8 Å². The Bertz CT molecular complexity index is 857. The van der Waals surface area contributed by atoms with Gasteiger partial charge in [-0.25, -0.2) is 4.79 Å². The highest BCUT2D eigenvalue weighted by Crippen LogP contribution is 2.44. The number of imidazole rings is 1. The Balaban J connectivity index is 2.05. The van der Waals surface area contributed by atoms with Gasteiger partial charge in [-0.05, 0) is 38.2 Å². The second-order valence-corrected chi connectivity index (χ2v) is 7.75. The fraction of sp³-hybridized carbons (Fsp3) is 0.611. The third-order valence-corrected chi connectivity index (χ3v) is 4.77. The van der Waals surface area contributed by atoms with Gasteiger partial charge >= 0.3 is 11.9 Å². The summed E-state index contributed by atoms with van der Waals surface area (Å²) in [5, 5.41) is 9.89. The maximum absolute atomic E-state index is 13.6. The molecule has 0 radical (unpaired) electrons. The van der Waals surface area contributed by atoms with Crippen LogP contribution in [0.2, 0.25) is 0 Å². The topological polar surface area (TPSA) is 67.2 Å². The lowest BCUT2D eigenvalue weighted by Crippen LogP contribution is -2.44. The number of aliphatic hydroxyl groups is 1. The standard InChI is InChI=1S/C18H23F3N2O3/c1-10(2)4-5-26-12-6-13(18(19,20)21)15-14(7-12)22-16(24)23(15)11-8-17(3,25)9-11/h6-7,10-11,25H,4-5,8-9H2,1-3H3,(H,22,24). The highest BCUT2D eigenvalue weighted by molar-refractivity contribution is 5.81. The maximum atomic E-state index is 13.6. The summed E-state index contributed by atoms with van der Waals surface area (Å²) in [6.07, 6.45) is -3.43. The summed E-state index contributed by atoms with van der Waals surface area (Å²) in [7, 11) is 0. The Kier molecular flexibility index (Phi) is 4.58. The van der Waals surface area contributed by atoms with Gasteiger partial charge in [-0.15, -0.1) is 0 Å². The molecule has 3 rings (SSSR count). The number of hydrogen-bond acceptors (Lipinski definition) is 3. The number of aromatic amines is 1. The van der Waals surface area contributed by atoms with Crippen molar-refractivity contribution < 1.29 is 23.0 Å². The second-order valence-electron chi connectivity index (χ2n) is 7.75. The first-order valence-corrected chi connectivity index (χ1v) is 8.68. The second kappa shape index (κ2) is 6.33. The molecule has 26 heavy (non-hydrogen) atoms. The molecule has 1 saturated carbocycles. The molecule has 8 heteroatoms. The molecule has 2 N–H and O–H groups in total. The van der Waals surface area contributed by atoms with Crippen LogP contribution >= 0.6 is 0 Å². The van der Waals surface area contributed by atoms with Crippen molar-refractivity contribution in [2.24, 2.45) is 5.92 Å². The molecule has 0 spiro atoms. The van der Waals surface area contributed by atoms with E-state index in [4.69, 9.17) is 4.74 Å². The van der Waals surface area contributed by atoms with Gasteiger partial charge in [0, 0.05) is 12.1 Å². The zero-order valence-electron chi connectivity index (χ0n) is 15.0. The van der Waals surface area contributed by atoms with Crippen molar-refractivity contribution in [3.05, 3.63) is 28.2 Å². The van der Waals surface area contributed by atoms with Crippen molar-refractivity contribution >= 4 is 11.0 Å². The summed E-state index contributed by atoms with van der Waals surface area (Å²) in [6, 6.07) is 1.92. The predicted molar refractivity (Wildman–Crippen MR) is 91.4 cm³/mol. The van der Waals surface area contributed by atoms with Gasteiger partial charge in [0.1, 0.15) is 5.75 Å². The summed E-state index contributed by atoms with van der Waals surface area (Å²) >= 11 is 0. The van der Waals surface area contributed by atoms with E-state index in [1.54, 1.807) is 6.92 Å². The highest BCUT2D eigenvalue weighted by atomic mass is 19.4. The number of H-pyrrole nitrogens is 1. The largest absolute Gasteiger partial charge is 0.493 e. The van der Waals surface area contributed by atoms with Crippen molar-refractivity contribution in [3.8, 4) is 5.75 Å². The average molecular weight is 372 g/mol. The van der Waals surface area contributed by atoms with Gasteiger partial charge in [-0.3, -0.25) is 4.57 Å². The van der Waals surface area contributed by atoms with Crippen molar-refractivity contribution in [3.63, 3.8) is 0 Å². The lowest BCUT2D eigenvalue weighted by atomic mass is 9.77. The maximum Gasteiger partial charge on any atom is 0.418 e. The van der Waals surface area contributed by atoms with Crippen LogP contribution in [0.5, 0.6) is 5.75 Å². The Morgan fingerprint density at radius 2 is 2.04 bits per heavy atom. The van der Waals surface area contributed by atoms with E-state index < -0.39 is 29.1 Å². The molecule has 1 aromatic carbocycles. The number of hydrogen-bond donors (Lipinski definition) is 2. The number of halogens is 3. The monoisotopic (exact) mass is 372 g/mol. The van der Waals surface area contributed by atoms with Gasteiger partial charge in [-0.1, -0.05) is 13.8 Å². The first kappa shape index (κ1) is 18.8. The molecule has 0 aliphatic heterocycles. The molecule has 1 aliphatic rings. The van der Waals surface area contributed by atoms with E-state index in [-0.39, 0.29) is 29.6 Å². The zero-order valence-corrected chi connectivity index (χ0v) is 15.0. The SMILES string of the molecule is CC(C)CCOc1cc(C(F)(F)F)c2c(c1)[nH]c(=O)n2C1CC(C)(O)C1. The van der Waals surface area contributed by atoms with Crippen LogP contribution in [0.25, 0.3) is 11.0 Å². The Morgan fingerprint density at radius 1 is 1.38 bits per heavy atom. The van der Waals surface area contributed by atoms with Crippen LogP contribution in [0.3, 0.4) is 0 Å². The molecule has 5 nitrogen and oxygen atoms in total. The quantitative estimate of drug-likeness (QED) is 0.838. The molecule has 0 unspecified atom stereocenters. The van der Waals surface area contributed by atoms with Crippen LogP contribution in [-0.4, -0.2) is 26.9 Å². The van der Waals surface area contributed by atoms with Crippen molar-refractivity contribution in [2.75, 3.05) is 6.61 Å². The molecule has 2 aromatic rings. The predicted octanol–water partition coefficient (Wildman–Crippen LogP) is 3.86. The Hall–Kier alpha value is -1.96. The number of nitrogens with zero attached hydrogens (tertiary/aromatic N) is 1. The van der Waals surface area contributed by atoms with Crippen LogP contribution in [0, 0.1) is 5.92 Å². The van der Waals surface area contributed by atoms with Gasteiger partial charge in [0.2, 0.25) is 0 Å². The lowest BCUT2D eigenvalue weighted by Gasteiger charge is -2.41. The fourth-order valence-corrected chi connectivity index (χ4v) is 3.44. The molecule has 0 atom stereocenters. The normalized spacial score (nSPS) is 23.5. The summed E-state index contributed by atoms with van der Waals surface area (Å²) < 4.78 is 47.5. The number of aromatic nitrogens is 2. The number of nitrogens with one attached hydrogen (secondary N) is 1. The molecule has 0 bridgehead atoms. The fourth-order valence-electron chi connectivity index (χ4n) is 3.44. The summed E-state index contributed by atoms with van der Waals surface area (Å²) in [6.45, 7) is 5.91. The Labute approximate surface area is 148 Å². The molecule has 1 aliphatic carbocycles. The van der Waals surface area contributed by atoms with Crippen molar-refractivity contribution in [2.45, 2.75) is 57.9 Å². The number of benzene rings is 1. The number of rotatable bonds is 5. The van der Waals surface area contributed by atoms with Crippen LogP contribution in [0.1, 0.15) is 51.6 Å². The first-order valence-electron chi connectivity index (χ1n) is 8.68. The Morgan fingerprint density at radius 3 is 2.58 bits per heavy atom. The summed E-state index contributed by atoms with van der Waals surface area (Å²) in [5.41, 5.74) is -2.55. The van der Waals surface area contributed by atoms with Gasteiger partial charge in [0.15, 0.2) is 0 Å². The smallest absolute Gasteiger partial charge is 0.418 e. The number of fused-ring (bicyclic) bond motifs is 1. The molecular weight excluding hydrogens is 349 g/mol. The number of ether oxygens (including phenoxy) is 1. The highest BCUT2D eigenvalue weighted by Gasteiger charge is 2.43. The van der Waals surface area contributed by atoms with E-state index >= 15 is 0 Å². The van der Waals surface area contributed by atoms with Crippen LogP contribution in [0.4, 0.5) is 13.2 Å². The van der Waals surface area contributed by atoms with Crippen molar-refractivity contribution in [1.82, 2.24) is 9.55 Å². The molecule has 0 saturated heterocycles. The summed E-state index contributed by atoms with van der Waals surface area (Å²) in [5.74, 6) is 0.451. The van der Waals surface area contributed by atoms with E-state index in [9.17, 15) is 23.1 Å². The van der Waals surface area contributed by atoms with Gasteiger partial charge in [0.25, 0.3) is 0 Å². The van der Waals surface area contributed by atoms with Crippen molar-refractivity contribution in [1.29, 1.82) is 0 Å². The third kappa shape index (κ3) is 3.60. The van der Waals surface area contributed by atoms with Gasteiger partial charge in [0.05, 0.1) is 28.8 Å². The molecule has 0 amide bonds. The van der Waals surface area contributed by atoms with Crippen LogP contribution in [0.15, 0.2) is 16.9 Å². The molecule has 1 heterocycles. The molecule has 1 aromatic heterocycles. The zero-order chi connectivity index (χ0) is 19.3. The molecular formula is C18H23F3N2O3. The molecule has 1 fully saturated rings. The average Bonchev–Trinajstić information content (AvgIpc) is 2.77. The first-order chi connectivity index (χ1) is 12.0.